The average Bonchev–Trinajstić information content (AvgIpc) is 2.89. The summed E-state index contributed by atoms with van der Waals surface area (Å²) >= 11 is 0. The van der Waals surface area contributed by atoms with Crippen LogP contribution in [0.1, 0.15) is 49.7 Å². The monoisotopic (exact) mass is 294 g/mol. The van der Waals surface area contributed by atoms with Gasteiger partial charge in [-0.25, -0.2) is 0 Å². The molecule has 0 amide bonds. The fourth-order valence-electron chi connectivity index (χ4n) is 3.19. The van der Waals surface area contributed by atoms with Gasteiger partial charge in [0.05, 0.1) is 6.61 Å². The van der Waals surface area contributed by atoms with E-state index in [0.717, 1.165) is 35.1 Å². The Morgan fingerprint density at radius 1 is 0.909 bits per heavy atom. The van der Waals surface area contributed by atoms with Gasteiger partial charge in [0.25, 0.3) is 0 Å². The summed E-state index contributed by atoms with van der Waals surface area (Å²) < 4.78 is 5.55. The first-order chi connectivity index (χ1) is 10.8. The molecule has 0 fully saturated rings. The molecular formula is C20H22O2. The highest BCUT2D eigenvalue weighted by molar-refractivity contribution is 5.93. The number of carbonyl (C=O) groups excluding carboxylic acids is 1. The molecule has 2 nitrogen and oxygen atoms in total. The Balaban J connectivity index is 1.77. The molecule has 0 N–H and O–H groups in total. The van der Waals surface area contributed by atoms with Crippen LogP contribution >= 0.6 is 0 Å². The normalized spacial score (nSPS) is 12.8. The molecule has 0 saturated carbocycles. The van der Waals surface area contributed by atoms with Gasteiger partial charge in [0.1, 0.15) is 5.92 Å². The molecule has 0 aromatic heterocycles. The van der Waals surface area contributed by atoms with Crippen molar-refractivity contribution in [2.75, 3.05) is 6.61 Å². The van der Waals surface area contributed by atoms with E-state index in [2.05, 4.69) is 19.1 Å². The molecule has 2 aromatic carbocycles. The maximum absolute atomic E-state index is 12.6. The van der Waals surface area contributed by atoms with E-state index in [1.807, 2.05) is 36.4 Å². The highest BCUT2D eigenvalue weighted by atomic mass is 16.5. The molecule has 0 heterocycles. The lowest BCUT2D eigenvalue weighted by molar-refractivity contribution is -0.144. The van der Waals surface area contributed by atoms with Crippen LogP contribution in [-0.4, -0.2) is 12.6 Å². The van der Waals surface area contributed by atoms with Gasteiger partial charge in [-0.05, 0) is 28.7 Å². The molecule has 0 saturated heterocycles. The van der Waals surface area contributed by atoms with Crippen molar-refractivity contribution < 1.29 is 9.53 Å². The van der Waals surface area contributed by atoms with Crippen molar-refractivity contribution in [3.05, 3.63) is 59.7 Å². The van der Waals surface area contributed by atoms with Crippen molar-refractivity contribution in [2.24, 2.45) is 0 Å². The van der Waals surface area contributed by atoms with E-state index < -0.39 is 0 Å². The number of hydrogen-bond donors (Lipinski definition) is 0. The van der Waals surface area contributed by atoms with E-state index in [0.29, 0.717) is 6.61 Å². The lowest BCUT2D eigenvalue weighted by atomic mass is 9.97. The quantitative estimate of drug-likeness (QED) is 0.558. The molecular weight excluding hydrogens is 272 g/mol. The van der Waals surface area contributed by atoms with Gasteiger partial charge in [0.2, 0.25) is 0 Å². The summed E-state index contributed by atoms with van der Waals surface area (Å²) in [5.41, 5.74) is 4.46. The highest BCUT2D eigenvalue weighted by Gasteiger charge is 2.34. The minimum Gasteiger partial charge on any atom is -0.465 e. The summed E-state index contributed by atoms with van der Waals surface area (Å²) in [4.78, 5) is 12.6. The lowest BCUT2D eigenvalue weighted by Gasteiger charge is -2.13. The number of fused-ring (bicyclic) bond motifs is 3. The molecule has 2 heteroatoms. The lowest BCUT2D eigenvalue weighted by Crippen LogP contribution is -2.16. The zero-order valence-corrected chi connectivity index (χ0v) is 13.0. The van der Waals surface area contributed by atoms with Crippen molar-refractivity contribution in [3.63, 3.8) is 0 Å². The van der Waals surface area contributed by atoms with Gasteiger partial charge < -0.3 is 4.74 Å². The topological polar surface area (TPSA) is 26.3 Å². The molecule has 1 aliphatic rings. The zero-order chi connectivity index (χ0) is 15.4. The third-order valence-electron chi connectivity index (χ3n) is 4.31. The van der Waals surface area contributed by atoms with E-state index in [-0.39, 0.29) is 11.9 Å². The standard InChI is InChI=1S/C20H22O2/c1-2-3-4-9-14-22-20(21)19-17-12-7-5-10-15(17)16-11-6-8-13-18(16)19/h5-8,10-13,19H,2-4,9,14H2,1H3. The molecule has 0 bridgehead atoms. The highest BCUT2D eigenvalue weighted by Crippen LogP contribution is 2.44. The predicted octanol–water partition coefficient (Wildman–Crippen LogP) is 4.92. The van der Waals surface area contributed by atoms with Crippen LogP contribution in [0.25, 0.3) is 11.1 Å². The van der Waals surface area contributed by atoms with Gasteiger partial charge in [-0.2, -0.15) is 0 Å². The second-order valence-corrected chi connectivity index (χ2v) is 5.84. The summed E-state index contributed by atoms with van der Waals surface area (Å²) in [6.45, 7) is 2.71. The largest absolute Gasteiger partial charge is 0.465 e. The van der Waals surface area contributed by atoms with Crippen LogP contribution < -0.4 is 0 Å². The number of esters is 1. The Morgan fingerprint density at radius 2 is 1.50 bits per heavy atom. The van der Waals surface area contributed by atoms with Crippen molar-refractivity contribution in [2.45, 2.75) is 38.5 Å². The maximum atomic E-state index is 12.6. The molecule has 0 spiro atoms. The van der Waals surface area contributed by atoms with Crippen LogP contribution in [0.2, 0.25) is 0 Å². The van der Waals surface area contributed by atoms with E-state index in [1.165, 1.54) is 12.8 Å². The Kier molecular flexibility index (Phi) is 4.57. The fourth-order valence-corrected chi connectivity index (χ4v) is 3.19. The van der Waals surface area contributed by atoms with Gasteiger partial charge in [-0.15, -0.1) is 0 Å². The second-order valence-electron chi connectivity index (χ2n) is 5.84. The first-order valence-corrected chi connectivity index (χ1v) is 8.17. The average molecular weight is 294 g/mol. The number of rotatable bonds is 6. The van der Waals surface area contributed by atoms with Crippen molar-refractivity contribution >= 4 is 5.97 Å². The van der Waals surface area contributed by atoms with Crippen LogP contribution in [0.15, 0.2) is 48.5 Å². The minimum atomic E-state index is -0.265. The van der Waals surface area contributed by atoms with Gasteiger partial charge in [-0.1, -0.05) is 74.7 Å². The molecule has 3 rings (SSSR count). The Bertz CT molecular complexity index is 615. The Hall–Kier alpha value is -2.09. The first-order valence-electron chi connectivity index (χ1n) is 8.17. The first kappa shape index (κ1) is 14.8. The van der Waals surface area contributed by atoms with Gasteiger partial charge in [0, 0.05) is 0 Å². The maximum Gasteiger partial charge on any atom is 0.317 e. The third kappa shape index (κ3) is 2.78. The molecule has 22 heavy (non-hydrogen) atoms. The summed E-state index contributed by atoms with van der Waals surface area (Å²) in [7, 11) is 0. The molecule has 114 valence electrons. The number of carbonyl (C=O) groups is 1. The third-order valence-corrected chi connectivity index (χ3v) is 4.31. The van der Waals surface area contributed by atoms with E-state index in [4.69, 9.17) is 4.74 Å². The van der Waals surface area contributed by atoms with Gasteiger partial charge in [0.15, 0.2) is 0 Å². The van der Waals surface area contributed by atoms with E-state index >= 15 is 0 Å². The minimum absolute atomic E-state index is 0.117. The predicted molar refractivity (Wildman–Crippen MR) is 88.8 cm³/mol. The smallest absolute Gasteiger partial charge is 0.317 e. The number of ether oxygens (including phenoxy) is 1. The number of unbranched alkanes of at least 4 members (excludes halogenated alkanes) is 3. The van der Waals surface area contributed by atoms with Crippen molar-refractivity contribution in [1.82, 2.24) is 0 Å². The second kappa shape index (κ2) is 6.78. The summed E-state index contributed by atoms with van der Waals surface area (Å²) in [5.74, 6) is -0.382. The van der Waals surface area contributed by atoms with E-state index in [1.54, 1.807) is 0 Å². The van der Waals surface area contributed by atoms with Crippen LogP contribution in [0.5, 0.6) is 0 Å². The number of hydrogen-bond acceptors (Lipinski definition) is 2. The van der Waals surface area contributed by atoms with E-state index in [9.17, 15) is 4.79 Å². The van der Waals surface area contributed by atoms with Gasteiger partial charge in [-0.3, -0.25) is 4.79 Å². The van der Waals surface area contributed by atoms with Crippen molar-refractivity contribution in [1.29, 1.82) is 0 Å². The van der Waals surface area contributed by atoms with Gasteiger partial charge >= 0.3 is 5.97 Å². The summed E-state index contributed by atoms with van der Waals surface area (Å²) in [6, 6.07) is 16.3. The van der Waals surface area contributed by atoms with Crippen LogP contribution in [0, 0.1) is 0 Å². The number of benzene rings is 2. The van der Waals surface area contributed by atoms with Crippen LogP contribution in [0.4, 0.5) is 0 Å². The molecule has 0 unspecified atom stereocenters. The molecule has 0 radical (unpaired) electrons. The SMILES string of the molecule is CCCCCCOC(=O)C1c2ccccc2-c2ccccc21. The molecule has 0 aliphatic heterocycles. The Labute approximate surface area is 132 Å². The zero-order valence-electron chi connectivity index (χ0n) is 13.0. The fraction of sp³-hybridized carbons (Fsp3) is 0.350. The van der Waals surface area contributed by atoms with Crippen LogP contribution in [0.3, 0.4) is 0 Å². The summed E-state index contributed by atoms with van der Waals surface area (Å²) in [6.07, 6.45) is 4.47. The summed E-state index contributed by atoms with van der Waals surface area (Å²) in [5, 5.41) is 0. The molecule has 0 atom stereocenters. The Morgan fingerprint density at radius 3 is 2.09 bits per heavy atom. The van der Waals surface area contributed by atoms with Crippen LogP contribution in [-0.2, 0) is 9.53 Å². The van der Waals surface area contributed by atoms with Crippen molar-refractivity contribution in [3.8, 4) is 11.1 Å². The molecule has 2 aromatic rings. The molecule has 1 aliphatic carbocycles.